The van der Waals surface area contributed by atoms with Crippen LogP contribution in [0.15, 0.2) is 48.8 Å². The van der Waals surface area contributed by atoms with Gasteiger partial charge >= 0.3 is 0 Å². The second-order valence-electron chi connectivity index (χ2n) is 10.1. The van der Waals surface area contributed by atoms with E-state index in [1.54, 1.807) is 0 Å². The number of rotatable bonds is 14. The molecule has 0 radical (unpaired) electrons. The first-order valence-electron chi connectivity index (χ1n) is 13.1. The van der Waals surface area contributed by atoms with E-state index >= 15 is 4.39 Å². The quantitative estimate of drug-likeness (QED) is 0.234. The van der Waals surface area contributed by atoms with Gasteiger partial charge < -0.3 is 25.1 Å². The molecule has 40 heavy (non-hydrogen) atoms. The molecular weight excluding hydrogens is 692 g/mol. The minimum absolute atomic E-state index is 0. The van der Waals surface area contributed by atoms with E-state index in [4.69, 9.17) is 14.3 Å². The van der Waals surface area contributed by atoms with Gasteiger partial charge in [0.15, 0.2) is 0 Å². The molecule has 0 aliphatic heterocycles. The van der Waals surface area contributed by atoms with Crippen LogP contribution in [0, 0.1) is 29.5 Å². The summed E-state index contributed by atoms with van der Waals surface area (Å²) in [6.07, 6.45) is 5.70. The predicted molar refractivity (Wildman–Crippen MR) is 139 cm³/mol. The zero-order chi connectivity index (χ0) is 27.4. The average molecular weight is 724 g/mol. The fourth-order valence-electron chi connectivity index (χ4n) is 5.05. The molecule has 9 nitrogen and oxygen atoms in total. The summed E-state index contributed by atoms with van der Waals surface area (Å²) in [7, 11) is 2.87. The molecule has 214 valence electrons. The summed E-state index contributed by atoms with van der Waals surface area (Å²) in [5.74, 6) is -0.974. The van der Waals surface area contributed by atoms with E-state index in [9.17, 15) is 9.18 Å². The third-order valence-electron chi connectivity index (χ3n) is 7.21. The third kappa shape index (κ3) is 7.31. The van der Waals surface area contributed by atoms with E-state index in [1.807, 2.05) is 30.3 Å². The van der Waals surface area contributed by atoms with Crippen molar-refractivity contribution in [1.82, 2.24) is 14.8 Å². The maximum Gasteiger partial charge on any atom is 0.256 e. The molecule has 2 fully saturated rings. The molecule has 2 saturated carbocycles. The van der Waals surface area contributed by atoms with E-state index in [-0.39, 0.29) is 45.2 Å². The van der Waals surface area contributed by atoms with E-state index in [0.717, 1.165) is 37.4 Å². The first-order valence-corrected chi connectivity index (χ1v) is 13.1. The molecule has 1 amide bonds. The van der Waals surface area contributed by atoms with Gasteiger partial charge in [0.1, 0.15) is 23.7 Å². The topological polar surface area (TPSA) is 102 Å². The maximum atomic E-state index is 15.1. The predicted octanol–water partition coefficient (Wildman–Crippen LogP) is 5.05. The summed E-state index contributed by atoms with van der Waals surface area (Å²) in [5, 5.41) is 6.62. The maximum absolute atomic E-state index is 15.1. The van der Waals surface area contributed by atoms with Crippen molar-refractivity contribution in [1.29, 1.82) is 0 Å². The van der Waals surface area contributed by atoms with E-state index in [2.05, 4.69) is 20.9 Å². The zero-order valence-electron chi connectivity index (χ0n) is 22.3. The minimum atomic E-state index is -0.887. The van der Waals surface area contributed by atoms with Gasteiger partial charge in [0.25, 0.3) is 11.9 Å². The zero-order valence-corrected chi connectivity index (χ0v) is 25.3. The smallest absolute Gasteiger partial charge is 0.256 e. The van der Waals surface area contributed by atoms with Crippen LogP contribution in [-0.4, -0.2) is 47.6 Å². The number of methoxy groups -OCH3 is 2. The number of amides is 1. The fraction of sp³-hybridized carbons (Fsp3) is 0.464. The Bertz CT molecular complexity index is 1260. The van der Waals surface area contributed by atoms with Gasteiger partial charge in [0.05, 0.1) is 26.1 Å². The summed E-state index contributed by atoms with van der Waals surface area (Å²) in [6, 6.07) is 10.1. The number of nitrogens with one attached hydrogen (secondary N) is 1. The van der Waals surface area contributed by atoms with Crippen LogP contribution >= 0.6 is 0 Å². The van der Waals surface area contributed by atoms with Gasteiger partial charge in [-0.15, -0.1) is 11.6 Å². The molecule has 0 spiro atoms. The summed E-state index contributed by atoms with van der Waals surface area (Å²) < 4.78 is 40.9. The molecule has 12 heteroatoms. The average Bonchev–Trinajstić information content (AvgIpc) is 3.87. The molecule has 0 bridgehead atoms. The van der Waals surface area contributed by atoms with Crippen LogP contribution in [0.25, 0.3) is 5.48 Å². The summed E-state index contributed by atoms with van der Waals surface area (Å²) in [4.78, 5) is 23.4. The van der Waals surface area contributed by atoms with Gasteiger partial charge in [-0.25, -0.2) is 9.37 Å². The second kappa shape index (κ2) is 13.8. The van der Waals surface area contributed by atoms with Crippen molar-refractivity contribution < 1.29 is 49.0 Å². The Morgan fingerprint density at radius 3 is 2.48 bits per heavy atom. The van der Waals surface area contributed by atoms with Crippen LogP contribution < -0.4 is 10.1 Å². The Morgan fingerprint density at radius 2 is 1.85 bits per heavy atom. The number of hydroxylamine groups is 1. The van der Waals surface area contributed by atoms with Crippen LogP contribution in [-0.2, 0) is 42.0 Å². The van der Waals surface area contributed by atoms with Gasteiger partial charge in [0.2, 0.25) is 5.88 Å². The Labute approximate surface area is 246 Å². The SMILES string of the molecule is COCC(c1cc(F)cnc1OC)n1cc(NC(=O)C(O[N-]Cc2ccccc2)C(C2CC2)C2CC2)c(F)n1.[W]. The van der Waals surface area contributed by atoms with Crippen molar-refractivity contribution >= 4 is 11.6 Å². The molecule has 0 saturated heterocycles. The second-order valence-corrected chi connectivity index (χ2v) is 10.1. The Kier molecular flexibility index (Phi) is 10.4. The summed E-state index contributed by atoms with van der Waals surface area (Å²) in [5.41, 5.74) is 5.41. The Balaban J connectivity index is 0.00000370. The Morgan fingerprint density at radius 1 is 1.15 bits per heavy atom. The summed E-state index contributed by atoms with van der Waals surface area (Å²) in [6.45, 7) is 0.340. The fourth-order valence-corrected chi connectivity index (χ4v) is 5.05. The van der Waals surface area contributed by atoms with Crippen molar-refractivity contribution in [3.05, 3.63) is 77.2 Å². The molecule has 3 aromatic rings. The van der Waals surface area contributed by atoms with Crippen LogP contribution in [0.4, 0.5) is 14.5 Å². The first-order chi connectivity index (χ1) is 19.0. The van der Waals surface area contributed by atoms with Gasteiger partial charge in [0, 0.05) is 33.7 Å². The molecule has 2 aliphatic carbocycles. The number of pyridine rings is 1. The van der Waals surface area contributed by atoms with Crippen molar-refractivity contribution in [2.45, 2.75) is 44.4 Å². The van der Waals surface area contributed by atoms with Gasteiger partial charge in [-0.05, 0) is 49.5 Å². The van der Waals surface area contributed by atoms with Gasteiger partial charge in [-0.1, -0.05) is 35.9 Å². The monoisotopic (exact) mass is 724 g/mol. The van der Waals surface area contributed by atoms with Crippen molar-refractivity contribution in [2.24, 2.45) is 17.8 Å². The Hall–Kier alpha value is -2.72. The van der Waals surface area contributed by atoms with E-state index in [1.165, 1.54) is 31.2 Å². The standard InChI is InChI=1S/C28H32F2N5O4.W/c1-37-16-23(21-12-20(29)14-31-28(21)38-2)35-15-22(26(30)34-35)33-27(36)25(24(18-8-9-18)19-10-11-19)39-32-13-17-6-4-3-5-7-17;/h3-7,12,14-15,18-19,23-25H,8-11,13,16H2,1-2H3,(H,33,36);/q-1;. The molecule has 2 aliphatic rings. The molecule has 1 aromatic carbocycles. The normalized spacial score (nSPS) is 16.3. The van der Waals surface area contributed by atoms with E-state index < -0.39 is 29.8 Å². The molecule has 1 N–H and O–H groups in total. The van der Waals surface area contributed by atoms with Crippen molar-refractivity contribution in [3.63, 3.8) is 0 Å². The summed E-state index contributed by atoms with van der Waals surface area (Å²) >= 11 is 0. The number of nitrogens with zero attached hydrogens (tertiary/aromatic N) is 4. The number of aromatic nitrogens is 3. The molecule has 2 atom stereocenters. The number of carbonyl (C=O) groups excluding carboxylic acids is 1. The number of benzene rings is 1. The minimum Gasteiger partial charge on any atom is -0.530 e. The third-order valence-corrected chi connectivity index (χ3v) is 7.21. The molecule has 2 heterocycles. The largest absolute Gasteiger partial charge is 0.530 e. The van der Waals surface area contributed by atoms with Gasteiger partial charge in [-0.3, -0.25) is 9.48 Å². The molecule has 5 rings (SSSR count). The van der Waals surface area contributed by atoms with Crippen molar-refractivity contribution in [3.8, 4) is 5.88 Å². The number of carbonyl (C=O) groups is 1. The van der Waals surface area contributed by atoms with Crippen LogP contribution in [0.3, 0.4) is 0 Å². The van der Waals surface area contributed by atoms with Gasteiger partial charge in [-0.2, -0.15) is 4.39 Å². The van der Waals surface area contributed by atoms with Crippen molar-refractivity contribution in [2.75, 3.05) is 26.1 Å². The number of halogens is 2. The molecule has 2 aromatic heterocycles. The number of hydrogen-bond acceptors (Lipinski definition) is 6. The first kappa shape index (κ1) is 30.2. The number of hydrogen-bond donors (Lipinski definition) is 1. The van der Waals surface area contributed by atoms with Crippen LogP contribution in [0.2, 0.25) is 0 Å². The van der Waals surface area contributed by atoms with E-state index in [0.29, 0.717) is 23.9 Å². The number of ether oxygens (including phenoxy) is 2. The van der Waals surface area contributed by atoms with Crippen LogP contribution in [0.1, 0.15) is 42.9 Å². The molecule has 2 unspecified atom stereocenters. The molecular formula is C28H32F2N5O4W-. The number of anilines is 1. The van der Waals surface area contributed by atoms with Crippen LogP contribution in [0.5, 0.6) is 5.88 Å².